The van der Waals surface area contributed by atoms with Crippen molar-refractivity contribution in [3.8, 4) is 6.07 Å². The predicted molar refractivity (Wildman–Crippen MR) is 142 cm³/mol. The van der Waals surface area contributed by atoms with E-state index in [0.29, 0.717) is 17.9 Å². The number of rotatable bonds is 9. The van der Waals surface area contributed by atoms with Crippen molar-refractivity contribution < 1.29 is 9.53 Å². The van der Waals surface area contributed by atoms with Gasteiger partial charge in [-0.05, 0) is 61.6 Å². The molecule has 0 radical (unpaired) electrons. The average molecular weight is 484 g/mol. The Morgan fingerprint density at radius 3 is 2.44 bits per heavy atom. The molecule has 0 spiro atoms. The van der Waals surface area contributed by atoms with E-state index in [1.54, 1.807) is 7.11 Å². The lowest BCUT2D eigenvalue weighted by Crippen LogP contribution is -2.43. The Balaban J connectivity index is 1.37. The lowest BCUT2D eigenvalue weighted by Gasteiger charge is -2.39. The number of hydrogen-bond acceptors (Lipinski definition) is 6. The molecule has 3 aromatic rings. The van der Waals surface area contributed by atoms with Gasteiger partial charge in [-0.25, -0.2) is 4.98 Å². The van der Waals surface area contributed by atoms with Crippen LogP contribution in [0.5, 0.6) is 0 Å². The maximum Gasteiger partial charge on any atom is 0.247 e. The summed E-state index contributed by atoms with van der Waals surface area (Å²) in [6.45, 7) is 4.59. The smallest absolute Gasteiger partial charge is 0.247 e. The number of ether oxygens (including phenoxy) is 1. The molecule has 2 N–H and O–H groups in total. The van der Waals surface area contributed by atoms with Crippen molar-refractivity contribution in [2.75, 3.05) is 37.0 Å². The Hall–Kier alpha value is -3.73. The summed E-state index contributed by atoms with van der Waals surface area (Å²) < 4.78 is 5.64. The van der Waals surface area contributed by atoms with Crippen molar-refractivity contribution in [1.29, 1.82) is 5.26 Å². The second-order valence-corrected chi connectivity index (χ2v) is 9.39. The molecule has 0 unspecified atom stereocenters. The minimum Gasteiger partial charge on any atom is -0.378 e. The number of hydrogen-bond donors (Lipinski definition) is 2. The lowest BCUT2D eigenvalue weighted by atomic mass is 9.93. The number of nitrogens with one attached hydrogen (secondary N) is 2. The molecule has 2 aromatic carbocycles. The Morgan fingerprint density at radius 1 is 1.11 bits per heavy atom. The van der Waals surface area contributed by atoms with E-state index in [0.717, 1.165) is 49.2 Å². The third-order valence-corrected chi connectivity index (χ3v) is 6.92. The Labute approximate surface area is 213 Å². The van der Waals surface area contributed by atoms with Crippen molar-refractivity contribution in [3.05, 3.63) is 89.6 Å². The zero-order chi connectivity index (χ0) is 25.4. The monoisotopic (exact) mass is 483 g/mol. The van der Waals surface area contributed by atoms with Gasteiger partial charge in [-0.2, -0.15) is 5.26 Å². The summed E-state index contributed by atoms with van der Waals surface area (Å²) in [5.74, 6) is 0.368. The van der Waals surface area contributed by atoms with Gasteiger partial charge >= 0.3 is 0 Å². The summed E-state index contributed by atoms with van der Waals surface area (Å²) in [6, 6.07) is 22.7. The molecule has 1 aromatic heterocycles. The summed E-state index contributed by atoms with van der Waals surface area (Å²) in [6.07, 6.45) is 4.50. The van der Waals surface area contributed by atoms with Crippen molar-refractivity contribution in [2.24, 2.45) is 0 Å². The highest BCUT2D eigenvalue weighted by atomic mass is 16.5. The fourth-order valence-electron chi connectivity index (χ4n) is 4.40. The zero-order valence-electron chi connectivity index (χ0n) is 20.9. The quantitative estimate of drug-likeness (QED) is 0.467. The highest BCUT2D eigenvalue weighted by Gasteiger charge is 2.30. The van der Waals surface area contributed by atoms with Crippen LogP contribution in [0.3, 0.4) is 0 Å². The third-order valence-electron chi connectivity index (χ3n) is 6.92. The molecular formula is C29H33N5O2. The Bertz CT molecular complexity index is 1170. The molecule has 1 saturated heterocycles. The number of nitrogens with zero attached hydrogens (tertiary/aromatic N) is 3. The molecule has 4 rings (SSSR count). The number of piperidine rings is 1. The van der Waals surface area contributed by atoms with E-state index >= 15 is 0 Å². The predicted octanol–water partition coefficient (Wildman–Crippen LogP) is 4.47. The van der Waals surface area contributed by atoms with E-state index < -0.39 is 6.04 Å². The normalized spacial score (nSPS) is 15.6. The first-order chi connectivity index (χ1) is 17.5. The number of methoxy groups -OCH3 is 1. The van der Waals surface area contributed by atoms with Gasteiger partial charge < -0.3 is 20.3 Å². The van der Waals surface area contributed by atoms with Gasteiger partial charge in [-0.1, -0.05) is 42.5 Å². The van der Waals surface area contributed by atoms with Gasteiger partial charge in [0, 0.05) is 26.7 Å². The maximum atomic E-state index is 13.3. The summed E-state index contributed by atoms with van der Waals surface area (Å²) >= 11 is 0. The number of benzene rings is 2. The van der Waals surface area contributed by atoms with Crippen molar-refractivity contribution in [2.45, 2.75) is 37.8 Å². The molecule has 2 heterocycles. The molecule has 1 aliphatic heterocycles. The third kappa shape index (κ3) is 6.48. The lowest BCUT2D eigenvalue weighted by molar-refractivity contribution is -0.118. The Kier molecular flexibility index (Phi) is 8.32. The molecule has 7 heteroatoms. The van der Waals surface area contributed by atoms with Crippen LogP contribution >= 0.6 is 0 Å². The second kappa shape index (κ2) is 11.8. The van der Waals surface area contributed by atoms with Crippen LogP contribution < -0.4 is 15.5 Å². The van der Waals surface area contributed by atoms with Gasteiger partial charge in [-0.3, -0.25) is 4.79 Å². The molecule has 0 saturated carbocycles. The van der Waals surface area contributed by atoms with Crippen LogP contribution in [0.25, 0.3) is 0 Å². The summed E-state index contributed by atoms with van der Waals surface area (Å²) in [4.78, 5) is 20.1. The number of aromatic nitrogens is 1. The maximum absolute atomic E-state index is 13.3. The second-order valence-electron chi connectivity index (χ2n) is 9.39. The standard InChI is InChI=1S/C29H33N5O2/c1-29(36-2)15-18-34(19-16-29)25-12-13-26(32-21-25)33-28(35)27(24-6-4-3-5-7-24)31-17-14-22-8-10-23(20-30)11-9-22/h3-13,21,27,31H,14-19H2,1-2H3,(H,32,33,35)/t27-/m0/s1. The van der Waals surface area contributed by atoms with Gasteiger partial charge in [0.2, 0.25) is 5.91 Å². The van der Waals surface area contributed by atoms with E-state index in [1.807, 2.05) is 72.9 Å². The molecule has 1 aliphatic rings. The average Bonchev–Trinajstić information content (AvgIpc) is 2.93. The van der Waals surface area contributed by atoms with E-state index in [2.05, 4.69) is 33.5 Å². The summed E-state index contributed by atoms with van der Waals surface area (Å²) in [7, 11) is 1.78. The topological polar surface area (TPSA) is 90.3 Å². The van der Waals surface area contributed by atoms with Crippen LogP contribution in [0.4, 0.5) is 11.5 Å². The molecule has 0 bridgehead atoms. The molecule has 1 fully saturated rings. The number of amides is 1. The van der Waals surface area contributed by atoms with Crippen LogP contribution in [0.15, 0.2) is 72.9 Å². The summed E-state index contributed by atoms with van der Waals surface area (Å²) in [5.41, 5.74) is 3.62. The van der Waals surface area contributed by atoms with E-state index in [9.17, 15) is 4.79 Å². The van der Waals surface area contributed by atoms with Gasteiger partial charge in [-0.15, -0.1) is 0 Å². The summed E-state index contributed by atoms with van der Waals surface area (Å²) in [5, 5.41) is 15.3. The molecule has 7 nitrogen and oxygen atoms in total. The minimum absolute atomic E-state index is 0.0582. The molecule has 36 heavy (non-hydrogen) atoms. The molecule has 1 amide bonds. The van der Waals surface area contributed by atoms with Gasteiger partial charge in [0.05, 0.1) is 29.1 Å². The van der Waals surface area contributed by atoms with Gasteiger partial charge in [0.15, 0.2) is 0 Å². The fraction of sp³-hybridized carbons (Fsp3) is 0.345. The highest BCUT2D eigenvalue weighted by molar-refractivity contribution is 5.94. The largest absolute Gasteiger partial charge is 0.378 e. The fourth-order valence-corrected chi connectivity index (χ4v) is 4.40. The first-order valence-corrected chi connectivity index (χ1v) is 12.3. The highest BCUT2D eigenvalue weighted by Crippen LogP contribution is 2.28. The van der Waals surface area contributed by atoms with Crippen molar-refractivity contribution in [1.82, 2.24) is 10.3 Å². The van der Waals surface area contributed by atoms with Crippen molar-refractivity contribution in [3.63, 3.8) is 0 Å². The molecule has 0 aliphatic carbocycles. The molecule has 1 atom stereocenters. The van der Waals surface area contributed by atoms with E-state index in [4.69, 9.17) is 10.00 Å². The molecular weight excluding hydrogens is 450 g/mol. The zero-order valence-corrected chi connectivity index (χ0v) is 20.9. The number of anilines is 2. The van der Waals surface area contributed by atoms with Crippen LogP contribution in [-0.2, 0) is 16.0 Å². The minimum atomic E-state index is -0.514. The number of nitriles is 1. The molecule has 186 valence electrons. The van der Waals surface area contributed by atoms with Crippen LogP contribution in [0.1, 0.15) is 42.5 Å². The van der Waals surface area contributed by atoms with E-state index in [1.165, 1.54) is 0 Å². The SMILES string of the molecule is COC1(C)CCN(c2ccc(NC(=O)[C@@H](NCCc3ccc(C#N)cc3)c3ccccc3)nc2)CC1. The van der Waals surface area contributed by atoms with Crippen LogP contribution in [-0.4, -0.2) is 43.2 Å². The van der Waals surface area contributed by atoms with Crippen molar-refractivity contribution >= 4 is 17.4 Å². The van der Waals surface area contributed by atoms with Crippen LogP contribution in [0.2, 0.25) is 0 Å². The first-order valence-electron chi connectivity index (χ1n) is 12.3. The number of carbonyl (C=O) groups is 1. The van der Waals surface area contributed by atoms with Gasteiger partial charge in [0.25, 0.3) is 0 Å². The Morgan fingerprint density at radius 2 is 1.83 bits per heavy atom. The van der Waals surface area contributed by atoms with Gasteiger partial charge in [0.1, 0.15) is 11.9 Å². The first kappa shape index (κ1) is 25.4. The number of carbonyl (C=O) groups excluding carboxylic acids is 1. The van der Waals surface area contributed by atoms with Crippen LogP contribution in [0, 0.1) is 11.3 Å². The number of pyridine rings is 1. The van der Waals surface area contributed by atoms with E-state index in [-0.39, 0.29) is 11.5 Å².